The lowest BCUT2D eigenvalue weighted by molar-refractivity contribution is -0.131. The molecule has 17 heteroatoms. The van der Waals surface area contributed by atoms with Crippen LogP contribution in [0.25, 0.3) is 44.7 Å². The van der Waals surface area contributed by atoms with Crippen molar-refractivity contribution < 1.29 is 33.0 Å². The van der Waals surface area contributed by atoms with E-state index in [1.165, 1.54) is 37.3 Å². The van der Waals surface area contributed by atoms with Crippen molar-refractivity contribution in [1.29, 1.82) is 0 Å². The highest BCUT2D eigenvalue weighted by Gasteiger charge is 2.37. The number of fused-ring (bicyclic) bond motifs is 5. The summed E-state index contributed by atoms with van der Waals surface area (Å²) in [7, 11) is 1.25. The summed E-state index contributed by atoms with van der Waals surface area (Å²) < 4.78 is 36.1. The first-order valence-corrected chi connectivity index (χ1v) is 23.6. The first kappa shape index (κ1) is 46.8. The van der Waals surface area contributed by atoms with Gasteiger partial charge < -0.3 is 34.4 Å². The minimum absolute atomic E-state index is 0. The molecule has 66 heavy (non-hydrogen) atoms. The van der Waals surface area contributed by atoms with Crippen LogP contribution in [0.4, 0.5) is 14.0 Å². The molecule has 4 aliphatic rings. The molecule has 3 fully saturated rings. The van der Waals surface area contributed by atoms with Crippen LogP contribution in [0, 0.1) is 11.7 Å². The molecule has 1 aliphatic carbocycles. The van der Waals surface area contributed by atoms with Crippen molar-refractivity contribution in [3.05, 3.63) is 88.1 Å². The van der Waals surface area contributed by atoms with Gasteiger partial charge in [0, 0.05) is 34.5 Å². The SMILES string of the molecule is CCC.COC(=O)NCC(=O)N1CCCC1c1ncc(-c2cc(F)c3c(c2)OC(c2ccc(CC4CC4)s2)n2c-3cc3cc(-c4cnc(C5CCCN5C(=O)OC(C)(C)C)[nH]4)ccc32)[nH]1.P. The molecule has 4 atom stereocenters. The standard InChI is InChI=1S/C46H49FN8O6S.C3H8.H3P/c1-46(2,3)61-45(58)54-16-6-8-35(54)42-48-22-31(51-42)26-11-13-33-28(18-26)20-36-40-30(47)19-27(21-37(40)60-43(55(33)36)38-14-12-29(62-38)17-25-9-10-25)32-23-49-41(52-32)34-7-5-15-53(34)39(56)24-50-44(57)59-4;1-3-2;/h11-14,18-23,25,34-35,43H,5-10,15-17,24H2,1-4H3,(H,48,51)(H,49,52)(H,50,57);3H2,1-2H3;1H3. The zero-order valence-electron chi connectivity index (χ0n) is 38.5. The van der Waals surface area contributed by atoms with E-state index in [2.05, 4.69) is 67.7 Å². The number of benzene rings is 2. The second-order valence-electron chi connectivity index (χ2n) is 18.4. The molecule has 4 aromatic heterocycles. The van der Waals surface area contributed by atoms with Gasteiger partial charge in [-0.2, -0.15) is 9.90 Å². The number of aromatic nitrogens is 5. The fourth-order valence-corrected chi connectivity index (χ4v) is 10.2. The third-order valence-corrected chi connectivity index (χ3v) is 13.3. The summed E-state index contributed by atoms with van der Waals surface area (Å²) >= 11 is 1.74. The molecule has 0 radical (unpaired) electrons. The average Bonchev–Trinajstić information content (AvgIpc) is 4.00. The number of hydrogen-bond donors (Lipinski definition) is 3. The number of H-pyrrole nitrogens is 2. The maximum Gasteiger partial charge on any atom is 0.410 e. The maximum absolute atomic E-state index is 16.8. The molecule has 4 unspecified atom stereocenters. The normalized spacial score (nSPS) is 18.7. The average molecular weight is 939 g/mol. The van der Waals surface area contributed by atoms with E-state index < -0.39 is 23.7 Å². The van der Waals surface area contributed by atoms with E-state index in [9.17, 15) is 14.4 Å². The maximum atomic E-state index is 16.8. The molecule has 2 aromatic carbocycles. The Morgan fingerprint density at radius 2 is 1.56 bits per heavy atom. The van der Waals surface area contributed by atoms with E-state index in [0.29, 0.717) is 59.4 Å². The van der Waals surface area contributed by atoms with Crippen molar-refractivity contribution in [1.82, 2.24) is 39.6 Å². The topological polar surface area (TPSA) is 160 Å². The quantitative estimate of drug-likeness (QED) is 0.121. The Morgan fingerprint density at radius 3 is 2.23 bits per heavy atom. The number of nitrogens with one attached hydrogen (secondary N) is 3. The molecule has 2 saturated heterocycles. The van der Waals surface area contributed by atoms with E-state index >= 15 is 4.39 Å². The highest BCUT2D eigenvalue weighted by molar-refractivity contribution is 7.12. The van der Waals surface area contributed by atoms with Gasteiger partial charge in [-0.25, -0.2) is 23.9 Å². The summed E-state index contributed by atoms with van der Waals surface area (Å²) in [6.45, 7) is 10.8. The van der Waals surface area contributed by atoms with Crippen molar-refractivity contribution in [2.24, 2.45) is 5.92 Å². The number of thiophene rings is 1. The number of likely N-dealkylation sites (tertiary alicyclic amines) is 2. The Hall–Kier alpha value is -5.73. The first-order chi connectivity index (χ1) is 31.3. The van der Waals surface area contributed by atoms with Gasteiger partial charge in [0.2, 0.25) is 12.1 Å². The summed E-state index contributed by atoms with van der Waals surface area (Å²) in [6, 6.07) is 15.4. The summed E-state index contributed by atoms with van der Waals surface area (Å²) in [5.74, 6) is 1.78. The fraction of sp³-hybridized carbons (Fsp3) is 0.449. The van der Waals surface area contributed by atoms with Crippen LogP contribution in [0.15, 0.2) is 60.9 Å². The van der Waals surface area contributed by atoms with E-state index in [-0.39, 0.29) is 40.5 Å². The predicted molar refractivity (Wildman–Crippen MR) is 258 cm³/mol. The van der Waals surface area contributed by atoms with Crippen LogP contribution >= 0.6 is 21.2 Å². The van der Waals surface area contributed by atoms with E-state index in [4.69, 9.17) is 14.5 Å². The molecule has 14 nitrogen and oxygen atoms in total. The Balaban J connectivity index is 0.00000144. The number of amides is 3. The number of halogens is 1. The van der Waals surface area contributed by atoms with Crippen LogP contribution in [0.1, 0.15) is 119 Å². The van der Waals surface area contributed by atoms with Gasteiger partial charge in [-0.3, -0.25) is 14.3 Å². The molecule has 350 valence electrons. The number of methoxy groups -OCH3 is 1. The molecule has 6 aromatic rings. The summed E-state index contributed by atoms with van der Waals surface area (Å²) in [4.78, 5) is 59.7. The van der Waals surface area contributed by atoms with Crippen LogP contribution in [-0.2, 0) is 20.7 Å². The van der Waals surface area contributed by atoms with Gasteiger partial charge in [0.15, 0.2) is 0 Å². The number of alkyl carbamates (subject to hydrolysis) is 1. The van der Waals surface area contributed by atoms with Crippen LogP contribution in [0.3, 0.4) is 0 Å². The number of hydrogen-bond acceptors (Lipinski definition) is 9. The smallest absolute Gasteiger partial charge is 0.410 e. The van der Waals surface area contributed by atoms with Gasteiger partial charge >= 0.3 is 12.2 Å². The van der Waals surface area contributed by atoms with Gasteiger partial charge in [-0.05, 0) is 114 Å². The molecule has 0 bridgehead atoms. The van der Waals surface area contributed by atoms with Crippen LogP contribution in [0.5, 0.6) is 5.75 Å². The van der Waals surface area contributed by atoms with Gasteiger partial charge in [-0.1, -0.05) is 26.3 Å². The number of carbonyl (C=O) groups is 3. The van der Waals surface area contributed by atoms with Gasteiger partial charge in [-0.15, -0.1) is 11.3 Å². The molecule has 7 heterocycles. The van der Waals surface area contributed by atoms with Crippen molar-refractivity contribution in [3.8, 4) is 39.5 Å². The lowest BCUT2D eigenvalue weighted by atomic mass is 10.0. The van der Waals surface area contributed by atoms with Crippen molar-refractivity contribution in [2.75, 3.05) is 26.7 Å². The third-order valence-electron chi connectivity index (χ3n) is 12.2. The summed E-state index contributed by atoms with van der Waals surface area (Å²) in [5.41, 5.74) is 4.28. The summed E-state index contributed by atoms with van der Waals surface area (Å²) in [5, 5.41) is 3.38. The lowest BCUT2D eigenvalue weighted by Crippen LogP contribution is -2.40. The van der Waals surface area contributed by atoms with Gasteiger partial charge in [0.25, 0.3) is 0 Å². The second-order valence-corrected chi connectivity index (χ2v) is 19.6. The van der Waals surface area contributed by atoms with E-state index in [1.54, 1.807) is 33.5 Å². The molecular weight excluding hydrogens is 879 g/mol. The number of rotatable bonds is 9. The number of imidazole rings is 2. The van der Waals surface area contributed by atoms with Crippen molar-refractivity contribution in [3.63, 3.8) is 0 Å². The highest BCUT2D eigenvalue weighted by atomic mass is 32.1. The molecule has 3 amide bonds. The molecule has 1 saturated carbocycles. The largest absolute Gasteiger partial charge is 0.464 e. The van der Waals surface area contributed by atoms with Crippen LogP contribution in [-0.4, -0.2) is 84.7 Å². The zero-order valence-corrected chi connectivity index (χ0v) is 40.8. The monoisotopic (exact) mass is 938 g/mol. The molecule has 0 spiro atoms. The van der Waals surface area contributed by atoms with E-state index in [1.807, 2.05) is 39.0 Å². The van der Waals surface area contributed by atoms with Gasteiger partial charge in [0.05, 0.1) is 64.6 Å². The van der Waals surface area contributed by atoms with Crippen LogP contribution < -0.4 is 10.1 Å². The number of nitrogens with zero attached hydrogens (tertiary/aromatic N) is 5. The fourth-order valence-electron chi connectivity index (χ4n) is 9.10. The molecule has 3 N–H and O–H groups in total. The molecular formula is C49H60FN8O6PS. The van der Waals surface area contributed by atoms with Gasteiger partial charge in [0.1, 0.15) is 35.4 Å². The number of carbonyl (C=O) groups excluding carboxylic acids is 3. The number of aromatic amines is 2. The second kappa shape index (κ2) is 19.2. The number of ether oxygens (including phenoxy) is 3. The minimum atomic E-state index is -0.672. The van der Waals surface area contributed by atoms with Crippen molar-refractivity contribution >= 4 is 50.2 Å². The minimum Gasteiger partial charge on any atom is -0.464 e. The molecule has 10 rings (SSSR count). The Kier molecular flexibility index (Phi) is 13.6. The Morgan fingerprint density at radius 1 is 0.894 bits per heavy atom. The van der Waals surface area contributed by atoms with E-state index in [0.717, 1.165) is 58.6 Å². The Bertz CT molecular complexity index is 2730. The Labute approximate surface area is 391 Å². The van der Waals surface area contributed by atoms with Crippen LogP contribution in [0.2, 0.25) is 0 Å². The first-order valence-electron chi connectivity index (χ1n) is 22.8. The predicted octanol–water partition coefficient (Wildman–Crippen LogP) is 10.7. The zero-order chi connectivity index (χ0) is 45.6. The molecule has 3 aliphatic heterocycles. The van der Waals surface area contributed by atoms with Crippen molar-refractivity contribution in [2.45, 2.75) is 110 Å². The lowest BCUT2D eigenvalue weighted by Gasteiger charge is -2.30. The third kappa shape index (κ3) is 9.58. The highest BCUT2D eigenvalue weighted by Crippen LogP contribution is 2.49. The summed E-state index contributed by atoms with van der Waals surface area (Å²) in [6.07, 6.45) is 9.86.